The Morgan fingerprint density at radius 3 is 2.74 bits per heavy atom. The maximum atomic E-state index is 10.7. The fraction of sp³-hybridized carbons (Fsp3) is 0.647. The van der Waals surface area contributed by atoms with Crippen LogP contribution in [0, 0.1) is 0 Å². The molecule has 1 aromatic rings. The number of unbranched alkanes of at least 4 members (excludes halogenated alkanes) is 4. The second kappa shape index (κ2) is 6.90. The van der Waals surface area contributed by atoms with Crippen LogP contribution in [0.1, 0.15) is 63.0 Å². The first-order valence-corrected chi connectivity index (χ1v) is 8.42. The first-order chi connectivity index (χ1) is 9.13. The van der Waals surface area contributed by atoms with E-state index in [4.69, 9.17) is 0 Å². The van der Waals surface area contributed by atoms with Gasteiger partial charge in [-0.3, -0.25) is 0 Å². The molecule has 1 N–H and O–H groups in total. The second-order valence-electron chi connectivity index (χ2n) is 5.98. The highest BCUT2D eigenvalue weighted by Gasteiger charge is 2.31. The van der Waals surface area contributed by atoms with E-state index in [1.807, 2.05) is 0 Å². The topological polar surface area (TPSA) is 20.2 Å². The van der Waals surface area contributed by atoms with E-state index in [0.717, 1.165) is 30.2 Å². The smallest absolute Gasteiger partial charge is 0.0691 e. The Kier molecular flexibility index (Phi) is 5.47. The standard InChI is InChI=1S/C17H25BrO/c1-2-3-4-5-6-10-17(19)11-9-14-12-16(18)8-7-15(14)13-17/h7-8,12,19H,2-6,9-11,13H2,1H3. The van der Waals surface area contributed by atoms with E-state index in [2.05, 4.69) is 41.1 Å². The van der Waals surface area contributed by atoms with E-state index in [0.29, 0.717) is 0 Å². The van der Waals surface area contributed by atoms with Gasteiger partial charge in [-0.05, 0) is 42.5 Å². The summed E-state index contributed by atoms with van der Waals surface area (Å²) in [6.07, 6.45) is 10.1. The van der Waals surface area contributed by atoms with Crippen molar-refractivity contribution >= 4 is 15.9 Å². The van der Waals surface area contributed by atoms with E-state index >= 15 is 0 Å². The van der Waals surface area contributed by atoms with Gasteiger partial charge in [-0.2, -0.15) is 0 Å². The van der Waals surface area contributed by atoms with Gasteiger partial charge in [0.05, 0.1) is 5.60 Å². The minimum atomic E-state index is -0.451. The summed E-state index contributed by atoms with van der Waals surface area (Å²) >= 11 is 3.52. The van der Waals surface area contributed by atoms with Crippen LogP contribution in [0.4, 0.5) is 0 Å². The van der Waals surface area contributed by atoms with Gasteiger partial charge in [-0.15, -0.1) is 0 Å². The molecule has 1 aromatic carbocycles. The Hall–Kier alpha value is -0.340. The number of rotatable bonds is 6. The van der Waals surface area contributed by atoms with Gasteiger partial charge >= 0.3 is 0 Å². The van der Waals surface area contributed by atoms with E-state index in [9.17, 15) is 5.11 Å². The van der Waals surface area contributed by atoms with Crippen molar-refractivity contribution in [2.24, 2.45) is 0 Å². The molecule has 0 radical (unpaired) electrons. The maximum Gasteiger partial charge on any atom is 0.0691 e. The van der Waals surface area contributed by atoms with Gasteiger partial charge in [0, 0.05) is 10.9 Å². The monoisotopic (exact) mass is 324 g/mol. The summed E-state index contributed by atoms with van der Waals surface area (Å²) in [5.41, 5.74) is 2.29. The van der Waals surface area contributed by atoms with Crippen LogP contribution in [0.2, 0.25) is 0 Å². The second-order valence-corrected chi connectivity index (χ2v) is 6.89. The summed E-state index contributed by atoms with van der Waals surface area (Å²) < 4.78 is 1.15. The number of aliphatic hydroxyl groups is 1. The summed E-state index contributed by atoms with van der Waals surface area (Å²) in [5.74, 6) is 0. The van der Waals surface area contributed by atoms with Crippen LogP contribution in [-0.4, -0.2) is 10.7 Å². The van der Waals surface area contributed by atoms with Crippen molar-refractivity contribution < 1.29 is 5.11 Å². The van der Waals surface area contributed by atoms with Gasteiger partial charge < -0.3 is 5.11 Å². The molecular weight excluding hydrogens is 300 g/mol. The third-order valence-corrected chi connectivity index (χ3v) is 4.79. The highest BCUT2D eigenvalue weighted by Crippen LogP contribution is 2.33. The predicted molar refractivity (Wildman–Crippen MR) is 84.5 cm³/mol. The van der Waals surface area contributed by atoms with E-state index in [1.165, 1.54) is 43.2 Å². The van der Waals surface area contributed by atoms with Crippen LogP contribution < -0.4 is 0 Å². The van der Waals surface area contributed by atoms with Crippen molar-refractivity contribution in [2.45, 2.75) is 70.3 Å². The molecule has 0 bridgehead atoms. The largest absolute Gasteiger partial charge is 0.390 e. The Morgan fingerprint density at radius 1 is 1.16 bits per heavy atom. The average molecular weight is 325 g/mol. The van der Waals surface area contributed by atoms with Crippen molar-refractivity contribution in [3.8, 4) is 0 Å². The Balaban J connectivity index is 1.87. The SMILES string of the molecule is CCCCCCCC1(O)CCc2cc(Br)ccc2C1. The van der Waals surface area contributed by atoms with Crippen LogP contribution >= 0.6 is 15.9 Å². The number of hydrogen-bond donors (Lipinski definition) is 1. The third kappa shape index (κ3) is 4.32. The number of halogens is 1. The van der Waals surface area contributed by atoms with Gasteiger partial charge in [0.1, 0.15) is 0 Å². The third-order valence-electron chi connectivity index (χ3n) is 4.29. The van der Waals surface area contributed by atoms with E-state index in [1.54, 1.807) is 0 Å². The number of benzene rings is 1. The molecule has 1 unspecified atom stereocenters. The number of aryl methyl sites for hydroxylation is 1. The quantitative estimate of drug-likeness (QED) is 0.727. The summed E-state index contributed by atoms with van der Waals surface area (Å²) in [7, 11) is 0. The summed E-state index contributed by atoms with van der Waals surface area (Å²) in [4.78, 5) is 0. The molecule has 0 saturated carbocycles. The van der Waals surface area contributed by atoms with E-state index < -0.39 is 5.60 Å². The molecule has 1 aliphatic carbocycles. The van der Waals surface area contributed by atoms with Crippen LogP contribution in [-0.2, 0) is 12.8 Å². The first-order valence-electron chi connectivity index (χ1n) is 7.63. The maximum absolute atomic E-state index is 10.7. The minimum absolute atomic E-state index is 0.451. The molecule has 0 aliphatic heterocycles. The highest BCUT2D eigenvalue weighted by atomic mass is 79.9. The van der Waals surface area contributed by atoms with Crippen molar-refractivity contribution in [2.75, 3.05) is 0 Å². The Bertz CT molecular complexity index is 416. The van der Waals surface area contributed by atoms with Crippen LogP contribution in [0.5, 0.6) is 0 Å². The molecule has 0 fully saturated rings. The first kappa shape index (κ1) is 15.1. The molecule has 19 heavy (non-hydrogen) atoms. The van der Waals surface area contributed by atoms with Gasteiger partial charge in [-0.25, -0.2) is 0 Å². The lowest BCUT2D eigenvalue weighted by atomic mass is 9.78. The van der Waals surface area contributed by atoms with Crippen molar-refractivity contribution in [1.82, 2.24) is 0 Å². The van der Waals surface area contributed by atoms with Crippen LogP contribution in [0.25, 0.3) is 0 Å². The van der Waals surface area contributed by atoms with Crippen LogP contribution in [0.3, 0.4) is 0 Å². The highest BCUT2D eigenvalue weighted by molar-refractivity contribution is 9.10. The molecule has 1 atom stereocenters. The van der Waals surface area contributed by atoms with Crippen molar-refractivity contribution in [3.05, 3.63) is 33.8 Å². The molecule has 2 rings (SSSR count). The van der Waals surface area contributed by atoms with Gasteiger partial charge in [-0.1, -0.05) is 61.0 Å². The Morgan fingerprint density at radius 2 is 1.95 bits per heavy atom. The van der Waals surface area contributed by atoms with Gasteiger partial charge in [0.15, 0.2) is 0 Å². The molecule has 0 spiro atoms. The van der Waals surface area contributed by atoms with Crippen LogP contribution in [0.15, 0.2) is 22.7 Å². The molecule has 106 valence electrons. The van der Waals surface area contributed by atoms with Crippen molar-refractivity contribution in [3.63, 3.8) is 0 Å². The van der Waals surface area contributed by atoms with Crippen molar-refractivity contribution in [1.29, 1.82) is 0 Å². The fourth-order valence-electron chi connectivity index (χ4n) is 3.08. The normalized spacial score (nSPS) is 22.3. The molecule has 1 nitrogen and oxygen atoms in total. The molecule has 1 aliphatic rings. The summed E-state index contributed by atoms with van der Waals surface area (Å²) in [6.45, 7) is 2.24. The van der Waals surface area contributed by atoms with Gasteiger partial charge in [0.25, 0.3) is 0 Å². The molecule has 2 heteroatoms. The summed E-state index contributed by atoms with van der Waals surface area (Å²) in [5, 5.41) is 10.7. The lowest BCUT2D eigenvalue weighted by molar-refractivity contribution is 0.0154. The zero-order chi connectivity index (χ0) is 13.7. The molecular formula is C17H25BrO. The zero-order valence-electron chi connectivity index (χ0n) is 11.9. The minimum Gasteiger partial charge on any atom is -0.390 e. The predicted octanol–water partition coefficient (Wildman–Crippen LogP) is 5.03. The molecule has 0 saturated heterocycles. The van der Waals surface area contributed by atoms with Gasteiger partial charge in [0.2, 0.25) is 0 Å². The average Bonchev–Trinajstić information content (AvgIpc) is 2.39. The van der Waals surface area contributed by atoms with E-state index in [-0.39, 0.29) is 0 Å². The Labute approximate surface area is 125 Å². The summed E-state index contributed by atoms with van der Waals surface area (Å²) in [6, 6.07) is 6.46. The molecule has 0 heterocycles. The number of hydrogen-bond acceptors (Lipinski definition) is 1. The zero-order valence-corrected chi connectivity index (χ0v) is 13.5. The lowest BCUT2D eigenvalue weighted by Gasteiger charge is -2.33. The molecule has 0 aromatic heterocycles. The number of fused-ring (bicyclic) bond motifs is 1. The molecule has 0 amide bonds. The lowest BCUT2D eigenvalue weighted by Crippen LogP contribution is -2.35. The fourth-order valence-corrected chi connectivity index (χ4v) is 3.49.